The van der Waals surface area contributed by atoms with Crippen molar-refractivity contribution in [1.82, 2.24) is 10.2 Å². The lowest BCUT2D eigenvalue weighted by atomic mass is 9.81. The standard InChI is InChI=1S/C22H20N4O2/c1-28-18-9-7-15(8-10-18)14-23-24-20-11-17(16-5-3-2-4-6-16)12-21-19(20)13-22(27)26-25-21/h2-10,13-14,17H,11-12H2,1H3,(H,26,27). The van der Waals surface area contributed by atoms with Crippen LogP contribution in [0.5, 0.6) is 5.75 Å². The Morgan fingerprint density at radius 3 is 2.64 bits per heavy atom. The van der Waals surface area contributed by atoms with Gasteiger partial charge in [0, 0.05) is 11.6 Å². The van der Waals surface area contributed by atoms with Crippen LogP contribution in [0.2, 0.25) is 0 Å². The maximum absolute atomic E-state index is 11.8. The Kier molecular flexibility index (Phi) is 5.10. The van der Waals surface area contributed by atoms with Crippen molar-refractivity contribution in [3.05, 3.63) is 93.4 Å². The highest BCUT2D eigenvalue weighted by Crippen LogP contribution is 2.31. The second-order valence-electron chi connectivity index (χ2n) is 6.67. The van der Waals surface area contributed by atoms with E-state index in [0.29, 0.717) is 6.42 Å². The molecule has 0 amide bonds. The van der Waals surface area contributed by atoms with E-state index in [-0.39, 0.29) is 11.5 Å². The highest BCUT2D eigenvalue weighted by Gasteiger charge is 2.26. The van der Waals surface area contributed by atoms with Crippen molar-refractivity contribution in [1.29, 1.82) is 0 Å². The molecule has 1 aromatic heterocycles. The van der Waals surface area contributed by atoms with Gasteiger partial charge in [-0.2, -0.15) is 15.3 Å². The molecule has 0 radical (unpaired) electrons. The number of aromatic nitrogens is 2. The van der Waals surface area contributed by atoms with Gasteiger partial charge < -0.3 is 4.74 Å². The second kappa shape index (κ2) is 8.00. The number of rotatable bonds is 4. The van der Waals surface area contributed by atoms with E-state index in [2.05, 4.69) is 32.5 Å². The van der Waals surface area contributed by atoms with Crippen LogP contribution >= 0.6 is 0 Å². The highest BCUT2D eigenvalue weighted by molar-refractivity contribution is 6.03. The van der Waals surface area contributed by atoms with Crippen molar-refractivity contribution >= 4 is 11.9 Å². The minimum atomic E-state index is -0.233. The zero-order valence-corrected chi connectivity index (χ0v) is 15.5. The molecule has 1 heterocycles. The molecule has 28 heavy (non-hydrogen) atoms. The summed E-state index contributed by atoms with van der Waals surface area (Å²) in [5.41, 5.74) is 4.32. The number of methoxy groups -OCH3 is 1. The first-order valence-corrected chi connectivity index (χ1v) is 9.11. The fourth-order valence-electron chi connectivity index (χ4n) is 3.39. The number of hydrogen-bond donors (Lipinski definition) is 1. The number of aromatic amines is 1. The molecule has 3 aromatic rings. The summed E-state index contributed by atoms with van der Waals surface area (Å²) in [6.07, 6.45) is 3.16. The van der Waals surface area contributed by atoms with Crippen LogP contribution in [0.4, 0.5) is 0 Å². The van der Waals surface area contributed by atoms with E-state index in [1.165, 1.54) is 5.56 Å². The first kappa shape index (κ1) is 17.9. The maximum atomic E-state index is 11.8. The molecule has 1 N–H and O–H groups in total. The van der Waals surface area contributed by atoms with Crippen LogP contribution in [-0.2, 0) is 6.42 Å². The number of benzene rings is 2. The van der Waals surface area contributed by atoms with Gasteiger partial charge in [-0.25, -0.2) is 5.10 Å². The zero-order valence-electron chi connectivity index (χ0n) is 15.5. The van der Waals surface area contributed by atoms with E-state index in [1.54, 1.807) is 19.4 Å². The van der Waals surface area contributed by atoms with Crippen LogP contribution in [0.3, 0.4) is 0 Å². The summed E-state index contributed by atoms with van der Waals surface area (Å²) in [5.74, 6) is 1.04. The molecule has 0 fully saturated rings. The molecule has 6 heteroatoms. The topological polar surface area (TPSA) is 79.7 Å². The third kappa shape index (κ3) is 3.91. The van der Waals surface area contributed by atoms with E-state index in [1.807, 2.05) is 42.5 Å². The monoisotopic (exact) mass is 372 g/mol. The summed E-state index contributed by atoms with van der Waals surface area (Å²) in [4.78, 5) is 11.8. The van der Waals surface area contributed by atoms with Crippen molar-refractivity contribution in [3.8, 4) is 5.75 Å². The van der Waals surface area contributed by atoms with Gasteiger partial charge >= 0.3 is 0 Å². The molecular formula is C22H20N4O2. The Labute approximate surface area is 162 Å². The largest absolute Gasteiger partial charge is 0.497 e. The van der Waals surface area contributed by atoms with Gasteiger partial charge in [-0.3, -0.25) is 4.79 Å². The number of ether oxygens (including phenoxy) is 1. The van der Waals surface area contributed by atoms with E-state index in [9.17, 15) is 4.79 Å². The average Bonchev–Trinajstić information content (AvgIpc) is 2.75. The number of nitrogens with one attached hydrogen (secondary N) is 1. The van der Waals surface area contributed by atoms with E-state index in [0.717, 1.165) is 34.7 Å². The lowest BCUT2D eigenvalue weighted by molar-refractivity contribution is 0.415. The van der Waals surface area contributed by atoms with Gasteiger partial charge in [0.1, 0.15) is 5.75 Å². The minimum Gasteiger partial charge on any atom is -0.497 e. The van der Waals surface area contributed by atoms with Gasteiger partial charge in [0.25, 0.3) is 5.56 Å². The Morgan fingerprint density at radius 2 is 1.89 bits per heavy atom. The molecule has 0 aliphatic heterocycles. The van der Waals surface area contributed by atoms with Crippen molar-refractivity contribution in [2.75, 3.05) is 7.11 Å². The molecule has 2 aromatic carbocycles. The van der Waals surface area contributed by atoms with Crippen LogP contribution in [0, 0.1) is 0 Å². The molecule has 0 bridgehead atoms. The van der Waals surface area contributed by atoms with E-state index >= 15 is 0 Å². The smallest absolute Gasteiger partial charge is 0.264 e. The molecule has 0 saturated heterocycles. The fourth-order valence-corrected chi connectivity index (χ4v) is 3.39. The maximum Gasteiger partial charge on any atom is 0.264 e. The zero-order chi connectivity index (χ0) is 19.3. The van der Waals surface area contributed by atoms with Gasteiger partial charge in [-0.15, -0.1) is 0 Å². The quantitative estimate of drug-likeness (QED) is 0.563. The number of hydrogen-bond acceptors (Lipinski definition) is 5. The van der Waals surface area contributed by atoms with Crippen molar-refractivity contribution < 1.29 is 4.74 Å². The predicted molar refractivity (Wildman–Crippen MR) is 109 cm³/mol. The Bertz CT molecular complexity index is 1070. The Balaban J connectivity index is 1.65. The first-order chi connectivity index (χ1) is 13.7. The van der Waals surface area contributed by atoms with Crippen molar-refractivity contribution in [2.24, 2.45) is 10.2 Å². The van der Waals surface area contributed by atoms with Crippen LogP contribution < -0.4 is 10.3 Å². The third-order valence-corrected chi connectivity index (χ3v) is 4.85. The molecule has 1 aliphatic rings. The summed E-state index contributed by atoms with van der Waals surface area (Å²) in [6, 6.07) is 19.4. The molecule has 6 nitrogen and oxygen atoms in total. The normalized spacial score (nSPS) is 17.6. The average molecular weight is 372 g/mol. The summed E-state index contributed by atoms with van der Waals surface area (Å²) >= 11 is 0. The Morgan fingerprint density at radius 1 is 1.11 bits per heavy atom. The van der Waals surface area contributed by atoms with E-state index in [4.69, 9.17) is 4.74 Å². The summed E-state index contributed by atoms with van der Waals surface area (Å²) in [7, 11) is 1.63. The second-order valence-corrected chi connectivity index (χ2v) is 6.67. The first-order valence-electron chi connectivity index (χ1n) is 9.11. The molecule has 1 unspecified atom stereocenters. The van der Waals surface area contributed by atoms with Crippen molar-refractivity contribution in [2.45, 2.75) is 18.8 Å². The molecular weight excluding hydrogens is 352 g/mol. The third-order valence-electron chi connectivity index (χ3n) is 4.85. The van der Waals surface area contributed by atoms with Gasteiger partial charge in [0.15, 0.2) is 0 Å². The molecule has 0 saturated carbocycles. The number of nitrogens with zero attached hydrogens (tertiary/aromatic N) is 3. The van der Waals surface area contributed by atoms with Crippen LogP contribution in [-0.4, -0.2) is 29.2 Å². The Hall–Kier alpha value is -3.54. The lowest BCUT2D eigenvalue weighted by Gasteiger charge is -2.24. The van der Waals surface area contributed by atoms with Gasteiger partial charge in [-0.05, 0) is 54.2 Å². The minimum absolute atomic E-state index is 0.233. The number of H-pyrrole nitrogens is 1. The van der Waals surface area contributed by atoms with Crippen molar-refractivity contribution in [3.63, 3.8) is 0 Å². The van der Waals surface area contributed by atoms with Crippen LogP contribution in [0.1, 0.15) is 34.7 Å². The summed E-state index contributed by atoms with van der Waals surface area (Å²) in [6.45, 7) is 0. The van der Waals surface area contributed by atoms with E-state index < -0.39 is 0 Å². The van der Waals surface area contributed by atoms with Crippen LogP contribution in [0.15, 0.2) is 75.7 Å². The number of fused-ring (bicyclic) bond motifs is 1. The summed E-state index contributed by atoms with van der Waals surface area (Å²) < 4.78 is 5.16. The highest BCUT2D eigenvalue weighted by atomic mass is 16.5. The molecule has 1 atom stereocenters. The lowest BCUT2D eigenvalue weighted by Crippen LogP contribution is -2.24. The SMILES string of the molecule is COc1ccc(C=NN=C2CC(c3ccccc3)Cc3n[nH]c(=O)cc32)cc1. The van der Waals surface area contributed by atoms with Gasteiger partial charge in [0.2, 0.25) is 0 Å². The van der Waals surface area contributed by atoms with Gasteiger partial charge in [0.05, 0.1) is 24.7 Å². The molecule has 140 valence electrons. The molecule has 1 aliphatic carbocycles. The van der Waals surface area contributed by atoms with Crippen LogP contribution in [0.25, 0.3) is 0 Å². The summed E-state index contributed by atoms with van der Waals surface area (Å²) in [5, 5.41) is 15.5. The molecule has 0 spiro atoms. The fraction of sp³-hybridized carbons (Fsp3) is 0.182. The molecule has 4 rings (SSSR count). The van der Waals surface area contributed by atoms with Gasteiger partial charge in [-0.1, -0.05) is 30.3 Å². The predicted octanol–water partition coefficient (Wildman–Crippen LogP) is 3.33.